The van der Waals surface area contributed by atoms with Gasteiger partial charge in [-0.2, -0.15) is 0 Å². The van der Waals surface area contributed by atoms with E-state index in [1.54, 1.807) is 6.92 Å². The van der Waals surface area contributed by atoms with E-state index in [0.29, 0.717) is 11.7 Å². The molecule has 2 aromatic rings. The van der Waals surface area contributed by atoms with E-state index in [0.717, 1.165) is 24.2 Å². The summed E-state index contributed by atoms with van der Waals surface area (Å²) in [6.07, 6.45) is 8.42. The Balaban J connectivity index is 0. The number of carbonyl (C=O) groups excluding carboxylic acids is 1. The van der Waals surface area contributed by atoms with Crippen LogP contribution < -0.4 is 0 Å². The van der Waals surface area contributed by atoms with E-state index in [2.05, 4.69) is 102 Å². The van der Waals surface area contributed by atoms with Gasteiger partial charge in [-0.3, -0.25) is 9.79 Å². The zero-order valence-electron chi connectivity index (χ0n) is 26.9. The van der Waals surface area contributed by atoms with E-state index >= 15 is 0 Å². The van der Waals surface area contributed by atoms with Gasteiger partial charge in [-0.05, 0) is 90.7 Å². The van der Waals surface area contributed by atoms with Crippen LogP contribution in [-0.4, -0.2) is 36.5 Å². The van der Waals surface area contributed by atoms with Gasteiger partial charge in [0, 0.05) is 11.6 Å². The molecule has 0 N–H and O–H groups in total. The van der Waals surface area contributed by atoms with Gasteiger partial charge >= 0.3 is 0 Å². The monoisotopic (exact) mass is 524 g/mol. The molecule has 0 radical (unpaired) electrons. The minimum absolute atomic E-state index is 0.333. The maximum atomic E-state index is 10.9. The van der Waals surface area contributed by atoms with Gasteiger partial charge in [0.2, 0.25) is 0 Å². The molecular formula is C35H60N2O. The number of hydrogen-bond donors (Lipinski definition) is 0. The van der Waals surface area contributed by atoms with E-state index in [1.165, 1.54) is 61.9 Å². The molecule has 0 aliphatic carbocycles. The fraction of sp³-hybridized carbons (Fsp3) is 0.600. The first-order valence-electron chi connectivity index (χ1n) is 15.1. The molecule has 0 aliphatic heterocycles. The smallest absolute Gasteiger partial charge is 0.132 e. The maximum Gasteiger partial charge on any atom is 0.132 e. The van der Waals surface area contributed by atoms with Gasteiger partial charge in [-0.1, -0.05) is 109 Å². The van der Waals surface area contributed by atoms with Crippen molar-refractivity contribution >= 4 is 17.2 Å². The van der Waals surface area contributed by atoms with Crippen LogP contribution >= 0.6 is 0 Å². The predicted molar refractivity (Wildman–Crippen MR) is 172 cm³/mol. The van der Waals surface area contributed by atoms with Crippen LogP contribution in [0, 0.1) is 19.8 Å². The molecule has 0 amide bonds. The molecule has 3 heteroatoms. The van der Waals surface area contributed by atoms with E-state index in [4.69, 9.17) is 0 Å². The first-order chi connectivity index (χ1) is 18.2. The van der Waals surface area contributed by atoms with Crippen molar-refractivity contribution in [1.29, 1.82) is 0 Å². The van der Waals surface area contributed by atoms with Crippen molar-refractivity contribution in [1.82, 2.24) is 4.90 Å². The summed E-state index contributed by atoms with van der Waals surface area (Å²) in [5.74, 6) is 0.691. The van der Waals surface area contributed by atoms with Gasteiger partial charge in [-0.25, -0.2) is 0 Å². The second-order valence-electron chi connectivity index (χ2n) is 9.87. The lowest BCUT2D eigenvalue weighted by Gasteiger charge is -2.13. The highest BCUT2D eigenvalue weighted by atomic mass is 16.1. The molecular weight excluding hydrogens is 464 g/mol. The normalized spacial score (nSPS) is 11.3. The Bertz CT molecular complexity index is 872. The summed E-state index contributed by atoms with van der Waals surface area (Å²) in [4.78, 5) is 18.0. The van der Waals surface area contributed by atoms with Crippen LogP contribution in [0.3, 0.4) is 0 Å². The second kappa shape index (κ2) is 25.0. The standard InChI is InChI=1S/C16H17N.C9H18O.C8H19N.C2H6/c1-12-7-6-9-15(11-12)14(3)17-16-10-5-4-8-13(16)2;1-4-6-7-9(5-2)8(3)10;1-4-6-8-9(3)7-5-2;1-2/h4-11H,1-3H3;9H,4-7H2,1-3H3;4-8H2,1-3H3;1-2H3. The van der Waals surface area contributed by atoms with Crippen LogP contribution in [0.1, 0.15) is 117 Å². The first kappa shape index (κ1) is 37.9. The van der Waals surface area contributed by atoms with E-state index in [1.807, 2.05) is 26.0 Å². The number of ketones is 1. The third-order valence-electron chi connectivity index (χ3n) is 6.31. The molecule has 3 nitrogen and oxygen atoms in total. The molecule has 0 aromatic heterocycles. The summed E-state index contributed by atoms with van der Waals surface area (Å²) in [7, 11) is 2.19. The van der Waals surface area contributed by atoms with Crippen LogP contribution in [0.4, 0.5) is 5.69 Å². The summed E-state index contributed by atoms with van der Waals surface area (Å²) in [6, 6.07) is 16.6. The lowest BCUT2D eigenvalue weighted by atomic mass is 9.96. The SMILES string of the molecule is CC.CC(=Nc1ccccc1C)c1cccc(C)c1.CCCCC(CC)C(C)=O.CCCCN(C)CCC. The summed E-state index contributed by atoms with van der Waals surface area (Å²) < 4.78 is 0. The fourth-order valence-electron chi connectivity index (χ4n) is 3.87. The van der Waals surface area contributed by atoms with Gasteiger partial charge < -0.3 is 4.90 Å². The maximum absolute atomic E-state index is 10.9. The molecule has 38 heavy (non-hydrogen) atoms. The van der Waals surface area contributed by atoms with E-state index in [-0.39, 0.29) is 0 Å². The Labute approximate surface area is 237 Å². The molecule has 2 rings (SSSR count). The summed E-state index contributed by atoms with van der Waals surface area (Å²) in [5.41, 5.74) is 5.77. The van der Waals surface area contributed by atoms with Crippen LogP contribution in [-0.2, 0) is 4.79 Å². The topological polar surface area (TPSA) is 32.7 Å². The van der Waals surface area contributed by atoms with Crippen molar-refractivity contribution in [3.05, 3.63) is 65.2 Å². The van der Waals surface area contributed by atoms with Crippen molar-refractivity contribution in [3.63, 3.8) is 0 Å². The van der Waals surface area contributed by atoms with Crippen LogP contribution in [0.5, 0.6) is 0 Å². The molecule has 216 valence electrons. The summed E-state index contributed by atoms with van der Waals surface area (Å²) in [6.45, 7) is 23.2. The van der Waals surface area contributed by atoms with E-state index < -0.39 is 0 Å². The average molecular weight is 525 g/mol. The summed E-state index contributed by atoms with van der Waals surface area (Å²) >= 11 is 0. The Morgan fingerprint density at radius 3 is 1.97 bits per heavy atom. The number of para-hydroxylation sites is 1. The molecule has 1 atom stereocenters. The molecule has 0 saturated carbocycles. The number of nitrogens with zero attached hydrogens (tertiary/aromatic N) is 2. The molecule has 0 heterocycles. The average Bonchev–Trinajstić information content (AvgIpc) is 2.91. The van der Waals surface area contributed by atoms with Crippen molar-refractivity contribution < 1.29 is 4.79 Å². The van der Waals surface area contributed by atoms with Gasteiger partial charge in [0.15, 0.2) is 0 Å². The summed E-state index contributed by atoms with van der Waals surface area (Å²) in [5, 5.41) is 0. The molecule has 0 spiro atoms. The molecule has 0 bridgehead atoms. The van der Waals surface area contributed by atoms with Gasteiger partial charge in [0.25, 0.3) is 0 Å². The van der Waals surface area contributed by atoms with Gasteiger partial charge in [-0.15, -0.1) is 0 Å². The molecule has 0 aliphatic rings. The Hall–Kier alpha value is -2.26. The highest BCUT2D eigenvalue weighted by molar-refractivity contribution is 6.00. The van der Waals surface area contributed by atoms with Crippen LogP contribution in [0.15, 0.2) is 53.5 Å². The zero-order chi connectivity index (χ0) is 29.3. The molecule has 1 unspecified atom stereocenters. The number of aryl methyl sites for hydroxylation is 2. The minimum atomic E-state index is 0.333. The highest BCUT2D eigenvalue weighted by Gasteiger charge is 2.09. The highest BCUT2D eigenvalue weighted by Crippen LogP contribution is 2.19. The first-order valence-corrected chi connectivity index (χ1v) is 15.1. The van der Waals surface area contributed by atoms with Crippen LogP contribution in [0.25, 0.3) is 0 Å². The third kappa shape index (κ3) is 18.9. The lowest BCUT2D eigenvalue weighted by Crippen LogP contribution is -2.19. The quantitative estimate of drug-likeness (QED) is 0.259. The Kier molecular flexibility index (Phi) is 25.0. The number of rotatable bonds is 12. The van der Waals surface area contributed by atoms with Crippen molar-refractivity contribution in [3.8, 4) is 0 Å². The Morgan fingerprint density at radius 1 is 0.842 bits per heavy atom. The lowest BCUT2D eigenvalue weighted by molar-refractivity contribution is -0.121. The van der Waals surface area contributed by atoms with Crippen molar-refractivity contribution in [2.75, 3.05) is 20.1 Å². The van der Waals surface area contributed by atoms with Crippen molar-refractivity contribution in [2.24, 2.45) is 10.9 Å². The minimum Gasteiger partial charge on any atom is -0.306 e. The number of carbonyl (C=O) groups is 1. The van der Waals surface area contributed by atoms with Crippen molar-refractivity contribution in [2.45, 2.75) is 114 Å². The predicted octanol–water partition coefficient (Wildman–Crippen LogP) is 10.4. The Morgan fingerprint density at radius 2 is 1.47 bits per heavy atom. The van der Waals surface area contributed by atoms with Crippen LogP contribution in [0.2, 0.25) is 0 Å². The number of hydrogen-bond acceptors (Lipinski definition) is 3. The third-order valence-corrected chi connectivity index (χ3v) is 6.31. The molecule has 2 aromatic carbocycles. The zero-order valence-corrected chi connectivity index (χ0v) is 26.9. The molecule has 0 saturated heterocycles. The molecule has 0 fully saturated rings. The number of benzene rings is 2. The second-order valence-corrected chi connectivity index (χ2v) is 9.87. The van der Waals surface area contributed by atoms with E-state index in [9.17, 15) is 4.79 Å². The fourth-order valence-corrected chi connectivity index (χ4v) is 3.87. The van der Waals surface area contributed by atoms with Gasteiger partial charge in [0.1, 0.15) is 5.78 Å². The number of Topliss-reactive ketones (excluding diaryl/α,β-unsaturated/α-hetero) is 1. The number of aliphatic imine (C=N–C) groups is 1. The largest absolute Gasteiger partial charge is 0.306 e. The van der Waals surface area contributed by atoms with Gasteiger partial charge in [0.05, 0.1) is 5.69 Å². The number of unbranched alkanes of at least 4 members (excludes halogenated alkanes) is 2.